The largest absolute Gasteiger partial charge is 0.307 e. The van der Waals surface area contributed by atoms with Gasteiger partial charge in [0, 0.05) is 24.4 Å². The number of aromatic nitrogens is 1. The lowest BCUT2D eigenvalue weighted by Crippen LogP contribution is -2.06. The molecule has 0 amide bonds. The first-order valence-corrected chi connectivity index (χ1v) is 7.26. The van der Waals surface area contributed by atoms with Gasteiger partial charge in [-0.1, -0.05) is 27.3 Å². The van der Waals surface area contributed by atoms with Gasteiger partial charge in [-0.15, -0.1) is 0 Å². The Bertz CT molecular complexity index is 614. The number of carbonyl (C=O) groups is 1. The quantitative estimate of drug-likeness (QED) is 0.643. The fourth-order valence-corrected chi connectivity index (χ4v) is 2.88. The number of ketones is 1. The molecule has 0 aliphatic carbocycles. The minimum Gasteiger partial charge on any atom is -0.302 e. The lowest BCUT2D eigenvalue weighted by atomic mass is 10.1. The minimum atomic E-state index is 0.00468. The van der Waals surface area contributed by atoms with Crippen molar-refractivity contribution in [2.45, 2.75) is 12.8 Å². The smallest absolute Gasteiger partial charge is 0.302 e. The predicted molar refractivity (Wildman–Crippen MR) is 74.4 cm³/mol. The highest BCUT2D eigenvalue weighted by Crippen LogP contribution is 2.19. The lowest BCUT2D eigenvalue weighted by molar-refractivity contribution is 0.0982. The molecule has 0 radical (unpaired) electrons. The van der Waals surface area contributed by atoms with E-state index in [1.807, 2.05) is 12.1 Å². The Kier molecular flexibility index (Phi) is 3.79. The number of alkyl halides is 1. The van der Waals surface area contributed by atoms with Crippen LogP contribution in [0.25, 0.3) is 10.2 Å². The van der Waals surface area contributed by atoms with E-state index < -0.39 is 0 Å². The Hall–Kier alpha value is -0.940. The van der Waals surface area contributed by atoms with E-state index in [0.717, 1.165) is 22.0 Å². The fraction of sp³-hybridized carbons (Fsp3) is 0.333. The third kappa shape index (κ3) is 2.50. The number of rotatable bonds is 4. The second kappa shape index (κ2) is 5.14. The summed E-state index contributed by atoms with van der Waals surface area (Å²) in [6.07, 6.45) is 1.38. The zero-order chi connectivity index (χ0) is 12.4. The number of carbonyl (C=O) groups excluding carboxylic acids is 1. The van der Waals surface area contributed by atoms with Crippen molar-refractivity contribution in [3.8, 4) is 0 Å². The van der Waals surface area contributed by atoms with Gasteiger partial charge in [0.15, 0.2) is 5.78 Å². The van der Waals surface area contributed by atoms with Crippen LogP contribution in [-0.4, -0.2) is 15.7 Å². The monoisotopic (exact) mass is 313 g/mol. The second-order valence-electron chi connectivity index (χ2n) is 3.83. The van der Waals surface area contributed by atoms with Gasteiger partial charge in [-0.2, -0.15) is 0 Å². The maximum Gasteiger partial charge on any atom is 0.307 e. The van der Waals surface area contributed by atoms with Crippen LogP contribution in [-0.2, 0) is 7.05 Å². The molecule has 17 heavy (non-hydrogen) atoms. The molecule has 0 saturated heterocycles. The van der Waals surface area contributed by atoms with Crippen LogP contribution in [0.2, 0.25) is 0 Å². The standard InChI is InChI=1S/C12H12BrNO2S/c1-14-9-5-4-8(10(15)3-2-6-13)7-11(9)17-12(14)16/h4-5,7H,2-3,6H2,1H3. The molecule has 90 valence electrons. The predicted octanol–water partition coefficient (Wildman–Crippen LogP) is 2.96. The lowest BCUT2D eigenvalue weighted by Gasteiger charge is -2.00. The van der Waals surface area contributed by atoms with Gasteiger partial charge in [-0.3, -0.25) is 9.59 Å². The third-order valence-corrected chi connectivity index (χ3v) is 4.21. The van der Waals surface area contributed by atoms with Crippen LogP contribution in [0.1, 0.15) is 23.2 Å². The Morgan fingerprint density at radius 2 is 2.24 bits per heavy atom. The summed E-state index contributed by atoms with van der Waals surface area (Å²) in [5.41, 5.74) is 1.58. The number of benzene rings is 1. The number of halogens is 1. The van der Waals surface area contributed by atoms with Crippen LogP contribution in [0.5, 0.6) is 0 Å². The van der Waals surface area contributed by atoms with E-state index in [1.165, 1.54) is 11.3 Å². The number of thiazole rings is 1. The summed E-state index contributed by atoms with van der Waals surface area (Å²) >= 11 is 4.49. The molecule has 0 fully saturated rings. The van der Waals surface area contributed by atoms with Gasteiger partial charge in [-0.05, 0) is 24.6 Å². The molecule has 0 aliphatic rings. The number of nitrogens with zero attached hydrogens (tertiary/aromatic N) is 1. The first kappa shape index (κ1) is 12.5. The summed E-state index contributed by atoms with van der Waals surface area (Å²) in [6, 6.07) is 5.46. The zero-order valence-corrected chi connectivity index (χ0v) is 11.8. The summed E-state index contributed by atoms with van der Waals surface area (Å²) in [5.74, 6) is 0.134. The van der Waals surface area contributed by atoms with Crippen LogP contribution < -0.4 is 4.87 Å². The van der Waals surface area contributed by atoms with Gasteiger partial charge in [0.25, 0.3) is 0 Å². The van der Waals surface area contributed by atoms with Gasteiger partial charge in [-0.25, -0.2) is 0 Å². The molecule has 2 aromatic rings. The summed E-state index contributed by atoms with van der Waals surface area (Å²) in [4.78, 5) is 23.3. The van der Waals surface area contributed by atoms with Gasteiger partial charge in [0.1, 0.15) is 0 Å². The van der Waals surface area contributed by atoms with E-state index in [-0.39, 0.29) is 10.7 Å². The number of fused-ring (bicyclic) bond motifs is 1. The van der Waals surface area contributed by atoms with E-state index in [4.69, 9.17) is 0 Å². The third-order valence-electron chi connectivity index (χ3n) is 2.65. The average molecular weight is 314 g/mol. The number of Topliss-reactive ketones (excluding diaryl/α,β-unsaturated/α-hetero) is 1. The first-order chi connectivity index (χ1) is 8.13. The van der Waals surface area contributed by atoms with Gasteiger partial charge in [0.2, 0.25) is 0 Å². The van der Waals surface area contributed by atoms with E-state index >= 15 is 0 Å². The van der Waals surface area contributed by atoms with Gasteiger partial charge < -0.3 is 4.57 Å². The normalized spacial score (nSPS) is 10.9. The molecular weight excluding hydrogens is 302 g/mol. The zero-order valence-electron chi connectivity index (χ0n) is 9.40. The Labute approximate surface area is 111 Å². The molecule has 0 bridgehead atoms. The van der Waals surface area contributed by atoms with Crippen molar-refractivity contribution < 1.29 is 4.79 Å². The highest BCUT2D eigenvalue weighted by Gasteiger charge is 2.09. The van der Waals surface area contributed by atoms with E-state index in [0.29, 0.717) is 12.0 Å². The van der Waals surface area contributed by atoms with Crippen LogP contribution in [0.4, 0.5) is 0 Å². The van der Waals surface area contributed by atoms with E-state index in [2.05, 4.69) is 15.9 Å². The van der Waals surface area contributed by atoms with E-state index in [1.54, 1.807) is 17.7 Å². The molecule has 2 rings (SSSR count). The first-order valence-electron chi connectivity index (χ1n) is 5.32. The highest BCUT2D eigenvalue weighted by atomic mass is 79.9. The van der Waals surface area contributed by atoms with Crippen molar-refractivity contribution in [1.82, 2.24) is 4.57 Å². The van der Waals surface area contributed by atoms with Crippen LogP contribution >= 0.6 is 27.3 Å². The summed E-state index contributed by atoms with van der Waals surface area (Å²) in [6.45, 7) is 0. The molecule has 3 nitrogen and oxygen atoms in total. The summed E-state index contributed by atoms with van der Waals surface area (Å²) in [5, 5.41) is 0.833. The number of hydrogen-bond acceptors (Lipinski definition) is 3. The minimum absolute atomic E-state index is 0.00468. The highest BCUT2D eigenvalue weighted by molar-refractivity contribution is 9.09. The maximum atomic E-state index is 11.8. The molecule has 1 heterocycles. The molecule has 0 spiro atoms. The van der Waals surface area contributed by atoms with Crippen LogP contribution in [0.3, 0.4) is 0 Å². The molecule has 0 aliphatic heterocycles. The van der Waals surface area contributed by atoms with Crippen LogP contribution in [0, 0.1) is 0 Å². The summed E-state index contributed by atoms with van der Waals surface area (Å²) in [7, 11) is 1.74. The van der Waals surface area contributed by atoms with Gasteiger partial charge >= 0.3 is 4.87 Å². The van der Waals surface area contributed by atoms with Gasteiger partial charge in [0.05, 0.1) is 10.2 Å². The molecular formula is C12H12BrNO2S. The molecule has 5 heteroatoms. The molecule has 0 N–H and O–H groups in total. The maximum absolute atomic E-state index is 11.8. The summed E-state index contributed by atoms with van der Waals surface area (Å²) < 4.78 is 2.48. The molecule has 0 atom stereocenters. The molecule has 1 aromatic heterocycles. The topological polar surface area (TPSA) is 39.1 Å². The molecule has 0 unspecified atom stereocenters. The van der Waals surface area contributed by atoms with Crippen LogP contribution in [0.15, 0.2) is 23.0 Å². The number of hydrogen-bond donors (Lipinski definition) is 0. The Morgan fingerprint density at radius 3 is 2.94 bits per heavy atom. The second-order valence-corrected chi connectivity index (χ2v) is 5.61. The SMILES string of the molecule is Cn1c(=O)sc2cc(C(=O)CCCBr)ccc21. The van der Waals surface area contributed by atoms with Crippen molar-refractivity contribution in [2.75, 3.05) is 5.33 Å². The Morgan fingerprint density at radius 1 is 1.47 bits per heavy atom. The molecule has 0 saturated carbocycles. The number of aryl methyl sites for hydroxylation is 1. The Balaban J connectivity index is 2.38. The van der Waals surface area contributed by atoms with Crippen molar-refractivity contribution in [3.63, 3.8) is 0 Å². The fourth-order valence-electron chi connectivity index (χ4n) is 1.68. The van der Waals surface area contributed by atoms with Crippen molar-refractivity contribution in [3.05, 3.63) is 33.4 Å². The van der Waals surface area contributed by atoms with E-state index in [9.17, 15) is 9.59 Å². The van der Waals surface area contributed by atoms with Crippen molar-refractivity contribution in [1.29, 1.82) is 0 Å². The average Bonchev–Trinajstić information content (AvgIpc) is 2.61. The molecule has 1 aromatic carbocycles. The van der Waals surface area contributed by atoms with Crippen molar-refractivity contribution >= 4 is 43.3 Å². The van der Waals surface area contributed by atoms with Crippen molar-refractivity contribution in [2.24, 2.45) is 7.05 Å².